The molecule has 16 heavy (non-hydrogen) atoms. The van der Waals surface area contributed by atoms with Crippen molar-refractivity contribution in [3.05, 3.63) is 41.2 Å². The molecule has 1 aromatic carbocycles. The van der Waals surface area contributed by atoms with Crippen LogP contribution in [0.5, 0.6) is 0 Å². The molecule has 3 nitrogen and oxygen atoms in total. The van der Waals surface area contributed by atoms with E-state index in [9.17, 15) is 14.3 Å². The van der Waals surface area contributed by atoms with Gasteiger partial charge in [-0.05, 0) is 25.1 Å². The summed E-state index contributed by atoms with van der Waals surface area (Å²) < 4.78 is 13.2. The average molecular weight is 244 g/mol. The van der Waals surface area contributed by atoms with E-state index in [2.05, 4.69) is 11.9 Å². The Morgan fingerprint density at radius 1 is 1.69 bits per heavy atom. The molecule has 0 fully saturated rings. The zero-order valence-electron chi connectivity index (χ0n) is 8.63. The zero-order valence-corrected chi connectivity index (χ0v) is 9.38. The van der Waals surface area contributed by atoms with Crippen LogP contribution in [0.4, 0.5) is 10.1 Å². The van der Waals surface area contributed by atoms with Crippen LogP contribution in [-0.2, 0) is 4.79 Å². The van der Waals surface area contributed by atoms with E-state index in [0.29, 0.717) is 5.56 Å². The minimum Gasteiger partial charge on any atom is -0.389 e. The molecule has 0 bridgehead atoms. The number of carbonyl (C=O) groups excluding carboxylic acids is 1. The smallest absolute Gasteiger partial charge is 0.247 e. The number of amides is 1. The molecule has 0 saturated carbocycles. The van der Waals surface area contributed by atoms with Gasteiger partial charge in [0.2, 0.25) is 5.91 Å². The van der Waals surface area contributed by atoms with Gasteiger partial charge in [0.15, 0.2) is 0 Å². The highest BCUT2D eigenvalue weighted by atomic mass is 35.5. The van der Waals surface area contributed by atoms with Crippen LogP contribution in [0.3, 0.4) is 0 Å². The summed E-state index contributed by atoms with van der Waals surface area (Å²) >= 11 is 5.58. The van der Waals surface area contributed by atoms with Crippen molar-refractivity contribution in [2.75, 3.05) is 5.32 Å². The lowest BCUT2D eigenvalue weighted by Gasteiger charge is -2.13. The Morgan fingerprint density at radius 2 is 2.31 bits per heavy atom. The Balaban J connectivity index is 3.19. The summed E-state index contributed by atoms with van der Waals surface area (Å²) in [5, 5.41) is 11.7. The van der Waals surface area contributed by atoms with Gasteiger partial charge < -0.3 is 10.4 Å². The predicted molar refractivity (Wildman–Crippen MR) is 60.9 cm³/mol. The summed E-state index contributed by atoms with van der Waals surface area (Å²) in [6.07, 6.45) is 0.191. The average Bonchev–Trinajstić information content (AvgIpc) is 2.22. The van der Waals surface area contributed by atoms with Crippen LogP contribution in [0.2, 0.25) is 5.02 Å². The lowest BCUT2D eigenvalue weighted by atomic mass is 10.1. The molecule has 86 valence electrons. The van der Waals surface area contributed by atoms with Crippen molar-refractivity contribution in [1.82, 2.24) is 0 Å². The van der Waals surface area contributed by atoms with Crippen LogP contribution in [0.1, 0.15) is 18.6 Å². The number of nitrogens with one attached hydrogen (secondary N) is 1. The maximum atomic E-state index is 13.2. The highest BCUT2D eigenvalue weighted by molar-refractivity contribution is 6.31. The van der Waals surface area contributed by atoms with Crippen molar-refractivity contribution >= 4 is 23.2 Å². The molecule has 2 N–H and O–H groups in total. The molecule has 1 amide bonds. The fourth-order valence-electron chi connectivity index (χ4n) is 1.20. The van der Waals surface area contributed by atoms with Crippen molar-refractivity contribution < 1.29 is 14.3 Å². The minimum atomic E-state index is -0.863. The van der Waals surface area contributed by atoms with Gasteiger partial charge in [-0.25, -0.2) is 4.39 Å². The highest BCUT2D eigenvalue weighted by Gasteiger charge is 2.13. The number of carbonyl (C=O) groups is 1. The third-order valence-electron chi connectivity index (χ3n) is 1.99. The van der Waals surface area contributed by atoms with Gasteiger partial charge in [-0.3, -0.25) is 4.79 Å². The zero-order chi connectivity index (χ0) is 12.3. The molecule has 0 aliphatic carbocycles. The van der Waals surface area contributed by atoms with Crippen LogP contribution < -0.4 is 5.32 Å². The van der Waals surface area contributed by atoms with Gasteiger partial charge in [-0.2, -0.15) is 0 Å². The first-order valence-electron chi connectivity index (χ1n) is 4.56. The molecule has 5 heteroatoms. The first kappa shape index (κ1) is 12.7. The van der Waals surface area contributed by atoms with E-state index in [0.717, 1.165) is 12.1 Å². The largest absolute Gasteiger partial charge is 0.389 e. The summed E-state index contributed by atoms with van der Waals surface area (Å²) in [6.45, 7) is 4.77. The molecule has 1 aromatic rings. The second-order valence-electron chi connectivity index (χ2n) is 3.22. The lowest BCUT2D eigenvalue weighted by Crippen LogP contribution is -2.11. The van der Waals surface area contributed by atoms with E-state index in [4.69, 9.17) is 11.6 Å². The molecule has 0 spiro atoms. The molecular formula is C11H11ClFNO2. The number of hydrogen-bond donors (Lipinski definition) is 2. The van der Waals surface area contributed by atoms with E-state index in [-0.39, 0.29) is 10.7 Å². The summed E-state index contributed by atoms with van der Waals surface area (Å²) in [7, 11) is 0. The van der Waals surface area contributed by atoms with E-state index in [1.54, 1.807) is 0 Å². The number of hydrogen-bond acceptors (Lipinski definition) is 2. The lowest BCUT2D eigenvalue weighted by molar-refractivity contribution is -0.111. The van der Waals surface area contributed by atoms with Crippen LogP contribution in [0, 0.1) is 5.82 Å². The van der Waals surface area contributed by atoms with Gasteiger partial charge >= 0.3 is 0 Å². The third-order valence-corrected chi connectivity index (χ3v) is 2.28. The molecule has 0 saturated heterocycles. The van der Waals surface area contributed by atoms with Gasteiger partial charge in [0.1, 0.15) is 5.82 Å². The first-order valence-corrected chi connectivity index (χ1v) is 4.94. The normalized spacial score (nSPS) is 12.0. The molecule has 1 atom stereocenters. The standard InChI is InChI=1S/C11H11ClFNO2/c1-3-11(16)14-10-5-9(13)8(12)4-7(10)6(2)15/h3-6,15H,1H2,2H3,(H,14,16). The Labute approximate surface area is 97.5 Å². The third kappa shape index (κ3) is 2.81. The summed E-state index contributed by atoms with van der Waals surface area (Å²) in [5.41, 5.74) is 0.531. The van der Waals surface area contributed by atoms with Crippen LogP contribution in [-0.4, -0.2) is 11.0 Å². The van der Waals surface area contributed by atoms with E-state index < -0.39 is 17.8 Å². The fraction of sp³-hybridized carbons (Fsp3) is 0.182. The van der Waals surface area contributed by atoms with Crippen LogP contribution in [0.15, 0.2) is 24.8 Å². The summed E-state index contributed by atoms with van der Waals surface area (Å²) in [5.74, 6) is -1.14. The highest BCUT2D eigenvalue weighted by Crippen LogP contribution is 2.28. The Bertz CT molecular complexity index is 432. The number of benzene rings is 1. The van der Waals surface area contributed by atoms with E-state index in [1.807, 2.05) is 0 Å². The Hall–Kier alpha value is -1.39. The van der Waals surface area contributed by atoms with Crippen molar-refractivity contribution in [2.24, 2.45) is 0 Å². The Morgan fingerprint density at radius 3 is 2.81 bits per heavy atom. The monoisotopic (exact) mass is 243 g/mol. The fourth-order valence-corrected chi connectivity index (χ4v) is 1.37. The molecule has 0 aliphatic rings. The molecule has 0 aromatic heterocycles. The minimum absolute atomic E-state index is 0.104. The molecular weight excluding hydrogens is 233 g/mol. The quantitative estimate of drug-likeness (QED) is 0.802. The van der Waals surface area contributed by atoms with Crippen LogP contribution in [0.25, 0.3) is 0 Å². The molecule has 0 aliphatic heterocycles. The van der Waals surface area contributed by atoms with Crippen LogP contribution >= 0.6 is 11.6 Å². The predicted octanol–water partition coefficient (Wildman–Crippen LogP) is 2.66. The molecule has 0 heterocycles. The van der Waals surface area contributed by atoms with Crippen molar-refractivity contribution in [3.63, 3.8) is 0 Å². The number of halogens is 2. The first-order chi connectivity index (χ1) is 7.45. The SMILES string of the molecule is C=CC(=O)Nc1cc(F)c(Cl)cc1C(C)O. The van der Waals surface area contributed by atoms with Gasteiger partial charge in [0.25, 0.3) is 0 Å². The van der Waals surface area contributed by atoms with Crippen molar-refractivity contribution in [1.29, 1.82) is 0 Å². The number of aliphatic hydroxyl groups excluding tert-OH is 1. The van der Waals surface area contributed by atoms with Gasteiger partial charge in [0.05, 0.1) is 11.1 Å². The number of rotatable bonds is 3. The van der Waals surface area contributed by atoms with Crippen molar-refractivity contribution in [3.8, 4) is 0 Å². The van der Waals surface area contributed by atoms with Gasteiger partial charge in [0, 0.05) is 11.3 Å². The summed E-state index contributed by atoms with van der Waals surface area (Å²) in [6, 6.07) is 2.34. The van der Waals surface area contributed by atoms with Gasteiger partial charge in [-0.15, -0.1) is 0 Å². The molecule has 0 radical (unpaired) electrons. The molecule has 1 unspecified atom stereocenters. The maximum absolute atomic E-state index is 13.2. The van der Waals surface area contributed by atoms with Gasteiger partial charge in [-0.1, -0.05) is 18.2 Å². The Kier molecular flexibility index (Phi) is 4.04. The number of anilines is 1. The maximum Gasteiger partial charge on any atom is 0.247 e. The summed E-state index contributed by atoms with van der Waals surface area (Å²) in [4.78, 5) is 11.1. The number of aliphatic hydroxyl groups is 1. The van der Waals surface area contributed by atoms with E-state index >= 15 is 0 Å². The second-order valence-corrected chi connectivity index (χ2v) is 3.63. The van der Waals surface area contributed by atoms with Crippen molar-refractivity contribution in [2.45, 2.75) is 13.0 Å². The topological polar surface area (TPSA) is 49.3 Å². The second kappa shape index (κ2) is 5.09. The van der Waals surface area contributed by atoms with E-state index in [1.165, 1.54) is 13.0 Å². The molecule has 1 rings (SSSR count).